The van der Waals surface area contributed by atoms with Crippen molar-refractivity contribution in [2.24, 2.45) is 0 Å². The molecule has 10 heteroatoms. The lowest BCUT2D eigenvalue weighted by Gasteiger charge is -2.32. The number of phenols is 1. The zero-order valence-electron chi connectivity index (χ0n) is 17.9. The number of carbonyl (C=O) groups is 2. The number of piperazine rings is 1. The first-order valence-corrected chi connectivity index (χ1v) is 10.1. The Balaban J connectivity index is 1.96. The van der Waals surface area contributed by atoms with Crippen molar-refractivity contribution in [1.29, 1.82) is 0 Å². The third kappa shape index (κ3) is 5.20. The van der Waals surface area contributed by atoms with Crippen LogP contribution >= 0.6 is 0 Å². The van der Waals surface area contributed by atoms with Gasteiger partial charge in [0.05, 0.1) is 33.1 Å². The number of aromatic hydroxyl groups is 2. The summed E-state index contributed by atoms with van der Waals surface area (Å²) >= 11 is 0. The monoisotopic (exact) mass is 446 g/mol. The fourth-order valence-corrected chi connectivity index (χ4v) is 3.65. The summed E-state index contributed by atoms with van der Waals surface area (Å²) in [5, 5.41) is 20.7. The number of nitrogens with zero attached hydrogens (tertiary/aromatic N) is 2. The van der Waals surface area contributed by atoms with E-state index < -0.39 is 23.1 Å². The summed E-state index contributed by atoms with van der Waals surface area (Å²) in [5.41, 5.74) is -0.204. The third-order valence-corrected chi connectivity index (χ3v) is 5.46. The predicted octanol–water partition coefficient (Wildman–Crippen LogP) is 1.03. The highest BCUT2D eigenvalue weighted by molar-refractivity contribution is 5.71. The molecule has 10 nitrogen and oxygen atoms in total. The normalized spacial score (nSPS) is 15.2. The number of benzene rings is 1. The summed E-state index contributed by atoms with van der Waals surface area (Å²) in [4.78, 5) is 39.2. The molecule has 1 fully saturated rings. The summed E-state index contributed by atoms with van der Waals surface area (Å²) in [6, 6.07) is 5.72. The van der Waals surface area contributed by atoms with Crippen LogP contribution in [0.1, 0.15) is 29.4 Å². The zero-order valence-corrected chi connectivity index (χ0v) is 17.9. The number of phenolic OH excluding ortho intramolecular Hbond substituents is 1. The van der Waals surface area contributed by atoms with Crippen LogP contribution in [0.3, 0.4) is 0 Å². The second kappa shape index (κ2) is 10.2. The van der Waals surface area contributed by atoms with Crippen molar-refractivity contribution >= 4 is 12.4 Å². The molecule has 1 unspecified atom stereocenters. The Kier molecular flexibility index (Phi) is 7.37. The first-order valence-electron chi connectivity index (χ1n) is 10.1. The molecule has 3 rings (SSSR count). The van der Waals surface area contributed by atoms with Gasteiger partial charge in [0.25, 0.3) is 0 Å². The molecular weight excluding hydrogens is 420 g/mol. The highest BCUT2D eigenvalue weighted by Gasteiger charge is 2.28. The molecule has 0 aliphatic carbocycles. The maximum absolute atomic E-state index is 12.5. The van der Waals surface area contributed by atoms with Crippen LogP contribution in [-0.2, 0) is 20.9 Å². The van der Waals surface area contributed by atoms with Gasteiger partial charge in [-0.05, 0) is 17.7 Å². The number of carbonyl (C=O) groups excluding carboxylic acids is 2. The number of amides is 1. The summed E-state index contributed by atoms with van der Waals surface area (Å²) in [6.07, 6.45) is 0.581. The van der Waals surface area contributed by atoms with Crippen LogP contribution in [0.2, 0.25) is 0 Å². The van der Waals surface area contributed by atoms with Crippen molar-refractivity contribution in [2.45, 2.75) is 18.9 Å². The van der Waals surface area contributed by atoms with Crippen LogP contribution < -0.4 is 10.2 Å². The van der Waals surface area contributed by atoms with E-state index in [0.29, 0.717) is 44.0 Å². The number of esters is 1. The van der Waals surface area contributed by atoms with Crippen molar-refractivity contribution in [3.05, 3.63) is 51.6 Å². The Morgan fingerprint density at radius 3 is 2.50 bits per heavy atom. The highest BCUT2D eigenvalue weighted by Crippen LogP contribution is 2.37. The Hall–Kier alpha value is -3.53. The van der Waals surface area contributed by atoms with Gasteiger partial charge < -0.3 is 29.0 Å². The Morgan fingerprint density at radius 2 is 1.91 bits per heavy atom. The number of methoxy groups -OCH3 is 2. The van der Waals surface area contributed by atoms with E-state index in [9.17, 15) is 24.6 Å². The van der Waals surface area contributed by atoms with Crippen molar-refractivity contribution in [3.8, 4) is 17.2 Å². The molecular formula is C22H26N2O8. The quantitative estimate of drug-likeness (QED) is 0.451. The molecule has 1 amide bonds. The van der Waals surface area contributed by atoms with Crippen LogP contribution in [0.25, 0.3) is 0 Å². The molecule has 0 saturated carbocycles. The second-order valence-electron chi connectivity index (χ2n) is 7.47. The van der Waals surface area contributed by atoms with E-state index in [1.165, 1.54) is 32.4 Å². The van der Waals surface area contributed by atoms with E-state index in [1.54, 1.807) is 11.0 Å². The topological polar surface area (TPSA) is 130 Å². The van der Waals surface area contributed by atoms with Crippen LogP contribution in [0.5, 0.6) is 17.2 Å². The molecule has 0 bridgehead atoms. The van der Waals surface area contributed by atoms with Gasteiger partial charge in [-0.3, -0.25) is 19.3 Å². The average molecular weight is 446 g/mol. The van der Waals surface area contributed by atoms with Gasteiger partial charge in [0.15, 0.2) is 17.3 Å². The first-order chi connectivity index (χ1) is 15.4. The lowest BCUT2D eigenvalue weighted by Crippen LogP contribution is -2.45. The Bertz CT molecular complexity index is 1030. The predicted molar refractivity (Wildman–Crippen MR) is 113 cm³/mol. The molecule has 2 aromatic rings. The highest BCUT2D eigenvalue weighted by atomic mass is 16.5. The number of hydrogen-bond acceptors (Lipinski definition) is 9. The maximum atomic E-state index is 12.5. The SMILES string of the molecule is COC(=O)CC(c1ccc(OC)c(O)c1)c1oc(CN2CCN(C=O)CC2)cc(=O)c1O. The minimum atomic E-state index is -0.876. The number of rotatable bonds is 8. The van der Waals surface area contributed by atoms with Crippen LogP contribution in [0, 0.1) is 0 Å². The van der Waals surface area contributed by atoms with Crippen molar-refractivity contribution in [2.75, 3.05) is 40.4 Å². The minimum absolute atomic E-state index is 0.0889. The Labute approximate surface area is 184 Å². The Morgan fingerprint density at radius 1 is 1.19 bits per heavy atom. The van der Waals surface area contributed by atoms with Crippen molar-refractivity contribution in [1.82, 2.24) is 9.80 Å². The van der Waals surface area contributed by atoms with Crippen LogP contribution in [-0.4, -0.2) is 72.8 Å². The molecule has 0 radical (unpaired) electrons. The molecule has 1 atom stereocenters. The number of ether oxygens (including phenoxy) is 2. The molecule has 0 spiro atoms. The molecule has 172 valence electrons. The van der Waals surface area contributed by atoms with E-state index in [4.69, 9.17) is 13.9 Å². The molecule has 1 aromatic carbocycles. The third-order valence-electron chi connectivity index (χ3n) is 5.46. The molecule has 1 saturated heterocycles. The second-order valence-corrected chi connectivity index (χ2v) is 7.47. The molecule has 1 aromatic heterocycles. The van der Waals surface area contributed by atoms with E-state index in [-0.39, 0.29) is 23.7 Å². The lowest BCUT2D eigenvalue weighted by atomic mass is 9.92. The molecule has 32 heavy (non-hydrogen) atoms. The molecule has 2 heterocycles. The summed E-state index contributed by atoms with van der Waals surface area (Å²) in [5.74, 6) is -1.76. The van der Waals surface area contributed by atoms with Gasteiger partial charge in [-0.15, -0.1) is 0 Å². The van der Waals surface area contributed by atoms with Crippen molar-refractivity contribution in [3.63, 3.8) is 0 Å². The van der Waals surface area contributed by atoms with E-state index in [2.05, 4.69) is 0 Å². The van der Waals surface area contributed by atoms with Gasteiger partial charge in [0.1, 0.15) is 5.76 Å². The van der Waals surface area contributed by atoms with Gasteiger partial charge in [-0.2, -0.15) is 0 Å². The minimum Gasteiger partial charge on any atom is -0.504 e. The van der Waals surface area contributed by atoms with Crippen LogP contribution in [0.4, 0.5) is 0 Å². The smallest absolute Gasteiger partial charge is 0.306 e. The summed E-state index contributed by atoms with van der Waals surface area (Å²) in [7, 11) is 2.64. The maximum Gasteiger partial charge on any atom is 0.306 e. The van der Waals surface area contributed by atoms with Crippen molar-refractivity contribution < 1.29 is 33.7 Å². The summed E-state index contributed by atoms with van der Waals surface area (Å²) in [6.45, 7) is 2.64. The average Bonchev–Trinajstić information content (AvgIpc) is 2.80. The molecule has 2 N–H and O–H groups in total. The zero-order chi connectivity index (χ0) is 23.3. The summed E-state index contributed by atoms with van der Waals surface area (Å²) < 4.78 is 15.7. The number of hydrogen-bond donors (Lipinski definition) is 2. The van der Waals surface area contributed by atoms with E-state index in [1.807, 2.05) is 4.90 Å². The van der Waals surface area contributed by atoms with Gasteiger partial charge in [0, 0.05) is 32.2 Å². The van der Waals surface area contributed by atoms with Gasteiger partial charge >= 0.3 is 5.97 Å². The first kappa shape index (κ1) is 23.1. The fraction of sp³-hybridized carbons (Fsp3) is 0.409. The van der Waals surface area contributed by atoms with Crippen LogP contribution in [0.15, 0.2) is 33.5 Å². The van der Waals surface area contributed by atoms with Gasteiger partial charge in [-0.25, -0.2) is 0 Å². The van der Waals surface area contributed by atoms with Gasteiger partial charge in [0.2, 0.25) is 17.6 Å². The van der Waals surface area contributed by atoms with E-state index in [0.717, 1.165) is 6.41 Å². The molecule has 1 aliphatic rings. The standard InChI is InChI=1S/C22H26N2O8/c1-30-19-4-3-14(9-17(19)26)16(11-20(28)31-2)22-21(29)18(27)10-15(32-22)12-23-5-7-24(13-25)8-6-23/h3-4,9-10,13,16,26,29H,5-8,11-12H2,1-2H3. The van der Waals surface area contributed by atoms with Gasteiger partial charge in [-0.1, -0.05) is 6.07 Å². The fourth-order valence-electron chi connectivity index (χ4n) is 3.65. The lowest BCUT2D eigenvalue weighted by molar-refractivity contribution is -0.141. The largest absolute Gasteiger partial charge is 0.504 e. The molecule has 1 aliphatic heterocycles. The van der Waals surface area contributed by atoms with E-state index >= 15 is 0 Å².